The average Bonchev–Trinajstić information content (AvgIpc) is 2.72. The number of carbonyl (C=O) groups is 2. The SMILES string of the molecule is CC1(C#Cc2ccc(Cl)cc2Cl)CCN(C(=O)N2CC[C@@H]3OCC(=O)C[C@@H]3C2)CC1. The van der Waals surface area contributed by atoms with E-state index in [2.05, 4.69) is 18.8 Å². The van der Waals surface area contributed by atoms with Crippen molar-refractivity contribution >= 4 is 35.0 Å². The second kappa shape index (κ2) is 8.78. The number of carbonyl (C=O) groups excluding carboxylic acids is 2. The van der Waals surface area contributed by atoms with Crippen LogP contribution in [0.2, 0.25) is 10.0 Å². The molecule has 5 nitrogen and oxygen atoms in total. The zero-order valence-electron chi connectivity index (χ0n) is 17.1. The first-order chi connectivity index (χ1) is 14.3. The summed E-state index contributed by atoms with van der Waals surface area (Å²) in [6, 6.07) is 5.39. The van der Waals surface area contributed by atoms with E-state index in [9.17, 15) is 9.59 Å². The summed E-state index contributed by atoms with van der Waals surface area (Å²) in [5, 5.41) is 1.15. The number of nitrogens with zero attached hydrogens (tertiary/aromatic N) is 2. The fourth-order valence-corrected chi connectivity index (χ4v) is 4.93. The first-order valence-corrected chi connectivity index (χ1v) is 11.2. The summed E-state index contributed by atoms with van der Waals surface area (Å²) in [5.41, 5.74) is 0.615. The highest BCUT2D eigenvalue weighted by molar-refractivity contribution is 6.35. The number of Topliss-reactive ketones (excluding diaryl/α,β-unsaturated/α-hetero) is 1. The van der Waals surface area contributed by atoms with Crippen molar-refractivity contribution in [2.45, 2.75) is 38.7 Å². The number of urea groups is 1. The number of benzene rings is 1. The number of fused-ring (bicyclic) bond motifs is 1. The molecule has 30 heavy (non-hydrogen) atoms. The van der Waals surface area contributed by atoms with E-state index in [1.165, 1.54) is 0 Å². The summed E-state index contributed by atoms with van der Waals surface area (Å²) < 4.78 is 5.64. The number of likely N-dealkylation sites (tertiary alicyclic amines) is 2. The Morgan fingerprint density at radius 2 is 1.97 bits per heavy atom. The van der Waals surface area contributed by atoms with Crippen LogP contribution in [0, 0.1) is 23.2 Å². The van der Waals surface area contributed by atoms with Gasteiger partial charge in [-0.05, 0) is 44.4 Å². The highest BCUT2D eigenvalue weighted by atomic mass is 35.5. The van der Waals surface area contributed by atoms with Gasteiger partial charge in [-0.3, -0.25) is 4.79 Å². The molecule has 0 spiro atoms. The molecule has 3 saturated heterocycles. The number of ether oxygens (including phenoxy) is 1. The van der Waals surface area contributed by atoms with Crippen molar-refractivity contribution in [2.24, 2.45) is 11.3 Å². The molecule has 0 saturated carbocycles. The lowest BCUT2D eigenvalue weighted by Gasteiger charge is -2.44. The molecule has 3 aliphatic heterocycles. The maximum atomic E-state index is 13.0. The molecule has 0 aromatic heterocycles. The second-order valence-corrected chi connectivity index (χ2v) is 9.64. The molecule has 2 atom stereocenters. The molecule has 3 fully saturated rings. The molecule has 0 radical (unpaired) electrons. The standard InChI is InChI=1S/C23H26Cl2N2O3/c1-23(6-4-16-2-3-18(24)13-20(16)25)7-10-26(11-8-23)22(29)27-9-5-21-17(14-27)12-19(28)15-30-21/h2-3,13,17,21H,5,7-12,14-15H2,1H3/t17-,21+/m1/s1. The summed E-state index contributed by atoms with van der Waals surface area (Å²) in [5.74, 6) is 6.84. The van der Waals surface area contributed by atoms with Crippen LogP contribution in [-0.4, -0.2) is 60.5 Å². The van der Waals surface area contributed by atoms with Gasteiger partial charge < -0.3 is 14.5 Å². The maximum absolute atomic E-state index is 13.0. The van der Waals surface area contributed by atoms with E-state index in [1.54, 1.807) is 12.1 Å². The van der Waals surface area contributed by atoms with Gasteiger partial charge in [-0.1, -0.05) is 35.0 Å². The minimum Gasteiger partial charge on any atom is -0.370 e. The number of ketones is 1. The minimum absolute atomic E-state index is 0.0715. The lowest BCUT2D eigenvalue weighted by Crippen LogP contribution is -2.55. The Labute approximate surface area is 187 Å². The van der Waals surface area contributed by atoms with Crippen LogP contribution in [0.1, 0.15) is 38.2 Å². The van der Waals surface area contributed by atoms with Crippen LogP contribution in [0.15, 0.2) is 18.2 Å². The van der Waals surface area contributed by atoms with Gasteiger partial charge in [-0.25, -0.2) is 4.79 Å². The van der Waals surface area contributed by atoms with Crippen molar-refractivity contribution in [3.63, 3.8) is 0 Å². The van der Waals surface area contributed by atoms with Gasteiger partial charge in [0.05, 0.1) is 11.1 Å². The third-order valence-corrected chi connectivity index (χ3v) is 7.00. The van der Waals surface area contributed by atoms with Crippen LogP contribution in [-0.2, 0) is 9.53 Å². The Bertz CT molecular complexity index is 899. The number of hydrogen-bond donors (Lipinski definition) is 0. The van der Waals surface area contributed by atoms with E-state index >= 15 is 0 Å². The third kappa shape index (κ3) is 4.77. The van der Waals surface area contributed by atoms with Crippen molar-refractivity contribution in [1.82, 2.24) is 9.80 Å². The lowest BCUT2D eigenvalue weighted by atomic mass is 9.81. The van der Waals surface area contributed by atoms with Gasteiger partial charge in [0.25, 0.3) is 0 Å². The van der Waals surface area contributed by atoms with Crippen LogP contribution >= 0.6 is 23.2 Å². The van der Waals surface area contributed by atoms with Crippen LogP contribution in [0.3, 0.4) is 0 Å². The first-order valence-electron chi connectivity index (χ1n) is 10.5. The Hall–Kier alpha value is -1.74. The van der Waals surface area contributed by atoms with Gasteiger partial charge in [-0.15, -0.1) is 0 Å². The van der Waals surface area contributed by atoms with E-state index in [0.717, 1.165) is 24.8 Å². The highest BCUT2D eigenvalue weighted by Gasteiger charge is 2.39. The van der Waals surface area contributed by atoms with Crippen molar-refractivity contribution < 1.29 is 14.3 Å². The van der Waals surface area contributed by atoms with Gasteiger partial charge in [-0.2, -0.15) is 0 Å². The molecule has 7 heteroatoms. The normalized spacial score (nSPS) is 25.9. The second-order valence-electron chi connectivity index (χ2n) is 8.79. The summed E-state index contributed by atoms with van der Waals surface area (Å²) in [4.78, 5) is 28.6. The van der Waals surface area contributed by atoms with Crippen LogP contribution in [0.4, 0.5) is 4.79 Å². The highest BCUT2D eigenvalue weighted by Crippen LogP contribution is 2.32. The zero-order valence-corrected chi connectivity index (χ0v) is 18.6. The zero-order chi connectivity index (χ0) is 21.3. The number of amides is 2. The third-order valence-electron chi connectivity index (χ3n) is 6.45. The van der Waals surface area contributed by atoms with E-state index in [1.807, 2.05) is 15.9 Å². The van der Waals surface area contributed by atoms with Crippen LogP contribution in [0.25, 0.3) is 0 Å². The van der Waals surface area contributed by atoms with Gasteiger partial charge in [0.1, 0.15) is 6.61 Å². The largest absolute Gasteiger partial charge is 0.370 e. The summed E-state index contributed by atoms with van der Waals surface area (Å²) in [6.07, 6.45) is 3.08. The van der Waals surface area contributed by atoms with Crippen molar-refractivity contribution in [1.29, 1.82) is 0 Å². The summed E-state index contributed by atoms with van der Waals surface area (Å²) >= 11 is 12.2. The van der Waals surface area contributed by atoms with Crippen molar-refractivity contribution in [3.05, 3.63) is 33.8 Å². The molecular formula is C23H26Cl2N2O3. The smallest absolute Gasteiger partial charge is 0.320 e. The molecule has 0 aliphatic carbocycles. The summed E-state index contributed by atoms with van der Waals surface area (Å²) in [6.45, 7) is 5.02. The van der Waals surface area contributed by atoms with E-state index in [0.29, 0.717) is 42.6 Å². The van der Waals surface area contributed by atoms with Crippen LogP contribution in [0.5, 0.6) is 0 Å². The molecule has 2 amide bonds. The van der Waals surface area contributed by atoms with Gasteiger partial charge in [0, 0.05) is 54.5 Å². The number of rotatable bonds is 0. The molecule has 3 aliphatic rings. The van der Waals surface area contributed by atoms with Crippen molar-refractivity contribution in [2.75, 3.05) is 32.8 Å². The van der Waals surface area contributed by atoms with E-state index in [-0.39, 0.29) is 35.9 Å². The fraction of sp³-hybridized carbons (Fsp3) is 0.565. The molecule has 0 bridgehead atoms. The quantitative estimate of drug-likeness (QED) is 0.557. The van der Waals surface area contributed by atoms with Crippen molar-refractivity contribution in [3.8, 4) is 11.8 Å². The fourth-order valence-electron chi connectivity index (χ4n) is 4.48. The molecule has 0 unspecified atom stereocenters. The van der Waals surface area contributed by atoms with E-state index < -0.39 is 0 Å². The molecule has 4 rings (SSSR count). The van der Waals surface area contributed by atoms with Gasteiger partial charge in [0.2, 0.25) is 0 Å². The lowest BCUT2D eigenvalue weighted by molar-refractivity contribution is -0.140. The summed E-state index contributed by atoms with van der Waals surface area (Å²) in [7, 11) is 0. The van der Waals surface area contributed by atoms with Gasteiger partial charge >= 0.3 is 6.03 Å². The topological polar surface area (TPSA) is 49.9 Å². The Kier molecular flexibility index (Phi) is 6.29. The predicted molar refractivity (Wildman–Crippen MR) is 117 cm³/mol. The molecule has 1 aromatic carbocycles. The monoisotopic (exact) mass is 448 g/mol. The Morgan fingerprint density at radius 1 is 1.20 bits per heavy atom. The molecule has 0 N–H and O–H groups in total. The van der Waals surface area contributed by atoms with Gasteiger partial charge in [0.15, 0.2) is 5.78 Å². The first kappa shape index (κ1) is 21.5. The molecular weight excluding hydrogens is 423 g/mol. The minimum atomic E-state index is -0.156. The number of hydrogen-bond acceptors (Lipinski definition) is 3. The number of piperidine rings is 2. The molecule has 160 valence electrons. The molecule has 1 aromatic rings. The number of halogens is 2. The molecule has 3 heterocycles. The predicted octanol–water partition coefficient (Wildman–Crippen LogP) is 4.25. The Morgan fingerprint density at radius 3 is 2.70 bits per heavy atom. The maximum Gasteiger partial charge on any atom is 0.320 e. The average molecular weight is 449 g/mol. The Balaban J connectivity index is 1.34. The van der Waals surface area contributed by atoms with Crippen LogP contribution < -0.4 is 0 Å². The van der Waals surface area contributed by atoms with E-state index in [4.69, 9.17) is 27.9 Å².